The third kappa shape index (κ3) is 4.32. The first-order chi connectivity index (χ1) is 13.0. The number of nitro benzene ring substituents is 1. The number of nitro groups is 1. The molecule has 0 N–H and O–H groups in total. The molecule has 1 heterocycles. The van der Waals surface area contributed by atoms with Crippen molar-refractivity contribution in [2.75, 3.05) is 6.61 Å². The predicted molar refractivity (Wildman–Crippen MR) is 101 cm³/mol. The van der Waals surface area contributed by atoms with Gasteiger partial charge in [-0.25, -0.2) is 9.79 Å². The molecular weight excluding hydrogens is 372 g/mol. The quantitative estimate of drug-likeness (QED) is 0.318. The maximum absolute atomic E-state index is 12.1. The van der Waals surface area contributed by atoms with E-state index in [1.54, 1.807) is 30.3 Å². The van der Waals surface area contributed by atoms with E-state index >= 15 is 0 Å². The molecule has 0 saturated carbocycles. The molecule has 0 radical (unpaired) electrons. The average Bonchev–Trinajstić information content (AvgIpc) is 3.02. The fourth-order valence-electron chi connectivity index (χ4n) is 2.36. The summed E-state index contributed by atoms with van der Waals surface area (Å²) in [7, 11) is 0. The lowest BCUT2D eigenvalue weighted by Crippen LogP contribution is -2.06. The summed E-state index contributed by atoms with van der Waals surface area (Å²) in [5.41, 5.74) is 0.863. The first-order valence-corrected chi connectivity index (χ1v) is 8.55. The summed E-state index contributed by atoms with van der Waals surface area (Å²) in [5, 5.41) is 11.0. The number of aliphatic imine (C=N–C) groups is 1. The number of rotatable bonds is 6. The molecular formula is C19H15ClN2O5. The lowest BCUT2D eigenvalue weighted by Gasteiger charge is -2.04. The molecule has 8 heteroatoms. The van der Waals surface area contributed by atoms with E-state index in [1.165, 1.54) is 18.2 Å². The fourth-order valence-corrected chi connectivity index (χ4v) is 2.54. The lowest BCUT2D eigenvalue weighted by molar-refractivity contribution is -0.384. The molecule has 27 heavy (non-hydrogen) atoms. The molecule has 0 aliphatic carbocycles. The summed E-state index contributed by atoms with van der Waals surface area (Å²) in [4.78, 5) is 26.6. The molecule has 0 spiro atoms. The molecule has 1 aliphatic heterocycles. The van der Waals surface area contributed by atoms with E-state index in [0.29, 0.717) is 12.2 Å². The van der Waals surface area contributed by atoms with Crippen LogP contribution in [-0.4, -0.2) is 23.4 Å². The van der Waals surface area contributed by atoms with E-state index in [1.807, 2.05) is 6.92 Å². The van der Waals surface area contributed by atoms with Gasteiger partial charge in [-0.15, -0.1) is 0 Å². The van der Waals surface area contributed by atoms with Gasteiger partial charge in [0.15, 0.2) is 5.70 Å². The number of esters is 1. The molecule has 2 aromatic rings. The van der Waals surface area contributed by atoms with Crippen LogP contribution >= 0.6 is 11.6 Å². The van der Waals surface area contributed by atoms with Crippen LogP contribution in [0.15, 0.2) is 53.2 Å². The maximum Gasteiger partial charge on any atom is 0.363 e. The monoisotopic (exact) mass is 386 g/mol. The van der Waals surface area contributed by atoms with Gasteiger partial charge in [0.05, 0.1) is 11.5 Å². The van der Waals surface area contributed by atoms with E-state index in [-0.39, 0.29) is 22.3 Å². The Hall–Kier alpha value is -3.19. The number of carbonyl (C=O) groups is 1. The Bertz CT molecular complexity index is 951. The minimum atomic E-state index is -0.631. The predicted octanol–water partition coefficient (Wildman–Crippen LogP) is 4.38. The topological polar surface area (TPSA) is 91.0 Å². The van der Waals surface area contributed by atoms with Crippen LogP contribution in [0.5, 0.6) is 5.75 Å². The van der Waals surface area contributed by atoms with Gasteiger partial charge >= 0.3 is 5.97 Å². The number of carbonyl (C=O) groups excluding carboxylic acids is 1. The molecule has 7 nitrogen and oxygen atoms in total. The van der Waals surface area contributed by atoms with Gasteiger partial charge in [0.1, 0.15) is 10.8 Å². The van der Waals surface area contributed by atoms with Gasteiger partial charge in [0, 0.05) is 11.6 Å². The van der Waals surface area contributed by atoms with Crippen molar-refractivity contribution in [3.63, 3.8) is 0 Å². The minimum absolute atomic E-state index is 0.00480. The zero-order valence-electron chi connectivity index (χ0n) is 14.3. The normalized spacial score (nSPS) is 14.8. The number of cyclic esters (lactones) is 1. The molecule has 2 aromatic carbocycles. The second-order valence-corrected chi connectivity index (χ2v) is 6.08. The number of halogens is 1. The van der Waals surface area contributed by atoms with Crippen molar-refractivity contribution < 1.29 is 19.2 Å². The van der Waals surface area contributed by atoms with E-state index in [4.69, 9.17) is 21.1 Å². The highest BCUT2D eigenvalue weighted by Gasteiger charge is 2.26. The largest absolute Gasteiger partial charge is 0.494 e. The first kappa shape index (κ1) is 18.6. The Balaban J connectivity index is 1.85. The average molecular weight is 387 g/mol. The van der Waals surface area contributed by atoms with Crippen LogP contribution < -0.4 is 4.74 Å². The van der Waals surface area contributed by atoms with Crippen LogP contribution in [0.2, 0.25) is 5.02 Å². The van der Waals surface area contributed by atoms with E-state index in [2.05, 4.69) is 4.99 Å². The Kier molecular flexibility index (Phi) is 5.52. The molecule has 0 unspecified atom stereocenters. The van der Waals surface area contributed by atoms with Gasteiger partial charge in [-0.05, 0) is 42.3 Å². The Labute approximate surface area is 160 Å². The van der Waals surface area contributed by atoms with Crippen molar-refractivity contribution in [2.24, 2.45) is 4.99 Å². The van der Waals surface area contributed by atoms with E-state index < -0.39 is 10.9 Å². The zero-order valence-corrected chi connectivity index (χ0v) is 15.1. The number of hydrogen-bond donors (Lipinski definition) is 0. The highest BCUT2D eigenvalue weighted by atomic mass is 35.5. The van der Waals surface area contributed by atoms with E-state index in [0.717, 1.165) is 17.7 Å². The second kappa shape index (κ2) is 8.01. The number of benzene rings is 2. The van der Waals surface area contributed by atoms with E-state index in [9.17, 15) is 14.9 Å². The Morgan fingerprint density at radius 2 is 2.00 bits per heavy atom. The van der Waals surface area contributed by atoms with Crippen LogP contribution in [0.25, 0.3) is 6.08 Å². The number of hydrogen-bond acceptors (Lipinski definition) is 6. The van der Waals surface area contributed by atoms with Crippen molar-refractivity contribution in [3.05, 3.63) is 74.4 Å². The van der Waals surface area contributed by atoms with Crippen LogP contribution in [-0.2, 0) is 9.53 Å². The molecule has 0 bridgehead atoms. The Morgan fingerprint density at radius 3 is 2.67 bits per heavy atom. The van der Waals surface area contributed by atoms with Crippen molar-refractivity contribution in [3.8, 4) is 5.75 Å². The smallest absolute Gasteiger partial charge is 0.363 e. The summed E-state index contributed by atoms with van der Waals surface area (Å²) in [6, 6.07) is 11.3. The van der Waals surface area contributed by atoms with Gasteiger partial charge in [-0.1, -0.05) is 30.7 Å². The number of ether oxygens (including phenoxy) is 2. The molecule has 0 amide bonds. The van der Waals surface area contributed by atoms with Crippen molar-refractivity contribution in [1.29, 1.82) is 0 Å². The van der Waals surface area contributed by atoms with Crippen molar-refractivity contribution in [1.82, 2.24) is 0 Å². The molecule has 3 rings (SSSR count). The van der Waals surface area contributed by atoms with Gasteiger partial charge in [0.25, 0.3) is 5.69 Å². The summed E-state index contributed by atoms with van der Waals surface area (Å²) in [5.74, 6) is 0.105. The number of nitrogens with zero attached hydrogens (tertiary/aromatic N) is 2. The molecule has 0 atom stereocenters. The zero-order chi connectivity index (χ0) is 19.4. The first-order valence-electron chi connectivity index (χ1n) is 8.17. The van der Waals surface area contributed by atoms with Crippen molar-refractivity contribution in [2.45, 2.75) is 13.3 Å². The third-order valence-corrected chi connectivity index (χ3v) is 3.99. The summed E-state index contributed by atoms with van der Waals surface area (Å²) < 4.78 is 10.6. The molecule has 0 fully saturated rings. The van der Waals surface area contributed by atoms with Crippen LogP contribution in [0.1, 0.15) is 24.5 Å². The maximum atomic E-state index is 12.1. The van der Waals surface area contributed by atoms with Crippen molar-refractivity contribution >= 4 is 35.2 Å². The molecule has 138 valence electrons. The van der Waals surface area contributed by atoms with Gasteiger partial charge in [-0.3, -0.25) is 10.1 Å². The third-order valence-electron chi connectivity index (χ3n) is 3.67. The highest BCUT2D eigenvalue weighted by molar-refractivity contribution is 6.32. The van der Waals surface area contributed by atoms with Gasteiger partial charge < -0.3 is 9.47 Å². The Morgan fingerprint density at radius 1 is 1.26 bits per heavy atom. The standard InChI is InChI=1S/C19H15ClN2O5/c1-2-9-26-14-6-3-12(4-7-14)10-16-19(23)27-18(21-16)13-5-8-15(20)17(11-13)22(24)25/h3-8,10-11H,2,9H2,1H3. The summed E-state index contributed by atoms with van der Waals surface area (Å²) in [6.45, 7) is 2.66. The fraction of sp³-hybridized carbons (Fsp3) is 0.158. The second-order valence-electron chi connectivity index (χ2n) is 5.68. The van der Waals surface area contributed by atoms with Crippen LogP contribution in [0, 0.1) is 10.1 Å². The van der Waals surface area contributed by atoms with Gasteiger partial charge in [-0.2, -0.15) is 0 Å². The minimum Gasteiger partial charge on any atom is -0.494 e. The summed E-state index contributed by atoms with van der Waals surface area (Å²) in [6.07, 6.45) is 2.49. The van der Waals surface area contributed by atoms with Gasteiger partial charge in [0.2, 0.25) is 5.90 Å². The van der Waals surface area contributed by atoms with Crippen LogP contribution in [0.4, 0.5) is 5.69 Å². The lowest BCUT2D eigenvalue weighted by atomic mass is 10.2. The molecule has 1 aliphatic rings. The summed E-state index contributed by atoms with van der Waals surface area (Å²) >= 11 is 5.80. The van der Waals surface area contributed by atoms with Crippen LogP contribution in [0.3, 0.4) is 0 Å². The highest BCUT2D eigenvalue weighted by Crippen LogP contribution is 2.27. The molecule has 0 saturated heterocycles. The SMILES string of the molecule is CCCOc1ccc(C=C2N=C(c3ccc(Cl)c([N+](=O)[O-])c3)OC2=O)cc1. The molecule has 0 aromatic heterocycles.